The normalized spacial score (nSPS) is 28.7. The van der Waals surface area contributed by atoms with Gasteiger partial charge in [-0.3, -0.25) is 4.79 Å². The zero-order valence-corrected chi connectivity index (χ0v) is 13.2. The van der Waals surface area contributed by atoms with Crippen LogP contribution in [0.15, 0.2) is 18.2 Å². The Hall–Kier alpha value is -1.79. The molecule has 3 atom stereocenters. The summed E-state index contributed by atoms with van der Waals surface area (Å²) < 4.78 is 22.0. The van der Waals surface area contributed by atoms with Gasteiger partial charge in [0.1, 0.15) is 6.10 Å². The first-order valence-corrected chi connectivity index (χ1v) is 8.08. The van der Waals surface area contributed by atoms with E-state index in [0.717, 1.165) is 29.9 Å². The van der Waals surface area contributed by atoms with E-state index in [2.05, 4.69) is 0 Å². The van der Waals surface area contributed by atoms with Gasteiger partial charge in [-0.15, -0.1) is 0 Å². The van der Waals surface area contributed by atoms with Gasteiger partial charge in [-0.25, -0.2) is 0 Å². The number of amides is 1. The molecule has 0 bridgehead atoms. The van der Waals surface area contributed by atoms with Crippen LogP contribution in [0.1, 0.15) is 18.4 Å². The molecule has 2 fully saturated rings. The van der Waals surface area contributed by atoms with Crippen molar-refractivity contribution < 1.29 is 23.7 Å². The minimum absolute atomic E-state index is 0.00875. The molecule has 2 heterocycles. The van der Waals surface area contributed by atoms with Crippen molar-refractivity contribution in [2.75, 3.05) is 27.1 Å². The number of carbonyl (C=O) groups excluding carboxylic acids is 1. The molecule has 4 rings (SSSR count). The third-order valence-electron chi connectivity index (χ3n) is 4.95. The summed E-state index contributed by atoms with van der Waals surface area (Å²) in [6.07, 6.45) is 2.36. The number of methoxy groups -OCH3 is 1. The first-order valence-electron chi connectivity index (χ1n) is 8.08. The number of benzene rings is 1. The first kappa shape index (κ1) is 14.8. The lowest BCUT2D eigenvalue weighted by Crippen LogP contribution is -2.54. The maximum absolute atomic E-state index is 12.8. The van der Waals surface area contributed by atoms with Crippen molar-refractivity contribution in [2.45, 2.75) is 37.5 Å². The minimum atomic E-state index is 0.00875. The van der Waals surface area contributed by atoms with Crippen LogP contribution in [0.25, 0.3) is 0 Å². The van der Waals surface area contributed by atoms with E-state index >= 15 is 0 Å². The Labute approximate surface area is 135 Å². The van der Waals surface area contributed by atoms with Gasteiger partial charge in [0.2, 0.25) is 12.7 Å². The average Bonchev–Trinajstić information content (AvgIpc) is 3.20. The largest absolute Gasteiger partial charge is 0.454 e. The Bertz CT molecular complexity index is 605. The fourth-order valence-corrected chi connectivity index (χ4v) is 3.80. The second kappa shape index (κ2) is 6.02. The van der Waals surface area contributed by atoms with Crippen molar-refractivity contribution in [1.29, 1.82) is 0 Å². The van der Waals surface area contributed by atoms with Crippen molar-refractivity contribution >= 4 is 5.91 Å². The van der Waals surface area contributed by atoms with E-state index in [1.54, 1.807) is 7.11 Å². The van der Waals surface area contributed by atoms with Gasteiger partial charge in [0.05, 0.1) is 25.2 Å². The van der Waals surface area contributed by atoms with Crippen molar-refractivity contribution in [3.05, 3.63) is 23.8 Å². The number of rotatable bonds is 3. The van der Waals surface area contributed by atoms with Crippen molar-refractivity contribution in [3.63, 3.8) is 0 Å². The number of fused-ring (bicyclic) bond motifs is 2. The molecule has 0 radical (unpaired) electrons. The molecule has 6 heteroatoms. The smallest absolute Gasteiger partial charge is 0.231 e. The van der Waals surface area contributed by atoms with E-state index < -0.39 is 0 Å². The fraction of sp³-hybridized carbons (Fsp3) is 0.588. The second-order valence-electron chi connectivity index (χ2n) is 6.21. The van der Waals surface area contributed by atoms with Gasteiger partial charge in [0, 0.05) is 13.7 Å². The molecule has 2 aliphatic heterocycles. The van der Waals surface area contributed by atoms with Gasteiger partial charge in [-0.05, 0) is 30.5 Å². The van der Waals surface area contributed by atoms with E-state index in [1.807, 2.05) is 23.1 Å². The summed E-state index contributed by atoms with van der Waals surface area (Å²) in [5.41, 5.74) is 0.948. The standard InChI is InChI=1S/C17H21NO5/c1-20-14-5-3-12-17(14)21-7-6-18(12)16(19)9-11-2-4-13-15(8-11)23-10-22-13/h2,4,8,12,14,17H,3,5-7,9-10H2,1H3/t12-,14+,17-/m1/s1. The molecular weight excluding hydrogens is 298 g/mol. The molecule has 0 N–H and O–H groups in total. The molecule has 23 heavy (non-hydrogen) atoms. The topological polar surface area (TPSA) is 57.2 Å². The summed E-state index contributed by atoms with van der Waals surface area (Å²) in [5.74, 6) is 1.60. The Balaban J connectivity index is 1.46. The Morgan fingerprint density at radius 1 is 1.30 bits per heavy atom. The zero-order chi connectivity index (χ0) is 15.8. The highest BCUT2D eigenvalue weighted by molar-refractivity contribution is 5.79. The number of nitrogens with zero attached hydrogens (tertiary/aromatic N) is 1. The number of hydrogen-bond acceptors (Lipinski definition) is 5. The second-order valence-corrected chi connectivity index (χ2v) is 6.21. The number of carbonyl (C=O) groups is 1. The molecule has 1 amide bonds. The lowest BCUT2D eigenvalue weighted by Gasteiger charge is -2.39. The van der Waals surface area contributed by atoms with Gasteiger partial charge >= 0.3 is 0 Å². The van der Waals surface area contributed by atoms with Crippen LogP contribution >= 0.6 is 0 Å². The molecule has 1 aliphatic carbocycles. The predicted molar refractivity (Wildman–Crippen MR) is 81.5 cm³/mol. The molecule has 3 aliphatic rings. The average molecular weight is 319 g/mol. The lowest BCUT2D eigenvalue weighted by atomic mass is 10.1. The third-order valence-corrected chi connectivity index (χ3v) is 4.95. The van der Waals surface area contributed by atoms with Crippen LogP contribution in [0.5, 0.6) is 11.5 Å². The zero-order valence-electron chi connectivity index (χ0n) is 13.2. The number of ether oxygens (including phenoxy) is 4. The molecule has 124 valence electrons. The molecule has 1 aromatic rings. The van der Waals surface area contributed by atoms with Gasteiger partial charge < -0.3 is 23.8 Å². The quantitative estimate of drug-likeness (QED) is 0.842. The molecule has 1 aromatic carbocycles. The van der Waals surface area contributed by atoms with E-state index in [0.29, 0.717) is 19.6 Å². The highest BCUT2D eigenvalue weighted by Crippen LogP contribution is 2.34. The number of hydrogen-bond donors (Lipinski definition) is 0. The van der Waals surface area contributed by atoms with Crippen LogP contribution in [-0.4, -0.2) is 56.1 Å². The van der Waals surface area contributed by atoms with Crippen molar-refractivity contribution in [3.8, 4) is 11.5 Å². The van der Waals surface area contributed by atoms with Gasteiger partial charge in [0.15, 0.2) is 11.5 Å². The molecule has 6 nitrogen and oxygen atoms in total. The maximum Gasteiger partial charge on any atom is 0.231 e. The van der Waals surface area contributed by atoms with E-state index in [1.165, 1.54) is 0 Å². The third kappa shape index (κ3) is 2.66. The Morgan fingerprint density at radius 3 is 3.04 bits per heavy atom. The molecule has 0 aromatic heterocycles. The molecule has 0 unspecified atom stereocenters. The lowest BCUT2D eigenvalue weighted by molar-refractivity contribution is -0.149. The summed E-state index contributed by atoms with van der Waals surface area (Å²) in [4.78, 5) is 14.7. The van der Waals surface area contributed by atoms with E-state index in [-0.39, 0.29) is 30.9 Å². The van der Waals surface area contributed by atoms with Crippen LogP contribution in [0.2, 0.25) is 0 Å². The van der Waals surface area contributed by atoms with Crippen LogP contribution < -0.4 is 9.47 Å². The summed E-state index contributed by atoms with van der Waals surface area (Å²) in [6.45, 7) is 1.48. The molecular formula is C17H21NO5. The maximum atomic E-state index is 12.8. The van der Waals surface area contributed by atoms with Gasteiger partial charge in [0.25, 0.3) is 0 Å². The summed E-state index contributed by atoms with van der Waals surface area (Å²) in [7, 11) is 1.71. The van der Waals surface area contributed by atoms with Crippen molar-refractivity contribution in [2.24, 2.45) is 0 Å². The monoisotopic (exact) mass is 319 g/mol. The minimum Gasteiger partial charge on any atom is -0.454 e. The molecule has 1 saturated carbocycles. The Morgan fingerprint density at radius 2 is 2.17 bits per heavy atom. The molecule has 0 spiro atoms. The highest BCUT2D eigenvalue weighted by atomic mass is 16.7. The fourth-order valence-electron chi connectivity index (χ4n) is 3.80. The highest BCUT2D eigenvalue weighted by Gasteiger charge is 2.44. The van der Waals surface area contributed by atoms with E-state index in [9.17, 15) is 4.79 Å². The SMILES string of the molecule is CO[C@H]1CC[C@@H]2[C@H]1OCCN2C(=O)Cc1ccc2c(c1)OCO2. The van der Waals surface area contributed by atoms with Crippen LogP contribution in [0.3, 0.4) is 0 Å². The number of morpholine rings is 1. The van der Waals surface area contributed by atoms with Gasteiger partial charge in [-0.2, -0.15) is 0 Å². The van der Waals surface area contributed by atoms with Crippen LogP contribution in [-0.2, 0) is 20.7 Å². The summed E-state index contributed by atoms with van der Waals surface area (Å²) in [5, 5.41) is 0. The van der Waals surface area contributed by atoms with Crippen LogP contribution in [0, 0.1) is 0 Å². The van der Waals surface area contributed by atoms with E-state index in [4.69, 9.17) is 18.9 Å². The summed E-state index contributed by atoms with van der Waals surface area (Å²) in [6, 6.07) is 5.82. The predicted octanol–water partition coefficient (Wildman–Crippen LogP) is 1.36. The first-order chi connectivity index (χ1) is 11.3. The van der Waals surface area contributed by atoms with Crippen LogP contribution in [0.4, 0.5) is 0 Å². The Kier molecular flexibility index (Phi) is 3.87. The molecule has 1 saturated heterocycles. The van der Waals surface area contributed by atoms with Gasteiger partial charge in [-0.1, -0.05) is 6.07 Å². The summed E-state index contributed by atoms with van der Waals surface area (Å²) >= 11 is 0. The van der Waals surface area contributed by atoms with Crippen molar-refractivity contribution in [1.82, 2.24) is 4.90 Å².